The summed E-state index contributed by atoms with van der Waals surface area (Å²) < 4.78 is 0. The molecule has 3 N–H and O–H groups in total. The predicted molar refractivity (Wildman–Crippen MR) is 73.7 cm³/mol. The zero-order chi connectivity index (χ0) is 12.5. The smallest absolute Gasteiger partial charge is 0.0942 e. The van der Waals surface area contributed by atoms with Gasteiger partial charge in [-0.3, -0.25) is 0 Å². The van der Waals surface area contributed by atoms with Gasteiger partial charge in [0.25, 0.3) is 0 Å². The van der Waals surface area contributed by atoms with Gasteiger partial charge >= 0.3 is 0 Å². The maximum absolute atomic E-state index is 9.20. The van der Waals surface area contributed by atoms with Crippen LogP contribution in [0.3, 0.4) is 0 Å². The van der Waals surface area contributed by atoms with Crippen LogP contribution < -0.4 is 5.32 Å². The molecule has 17 heavy (non-hydrogen) atoms. The molecule has 0 spiro atoms. The molecule has 0 saturated heterocycles. The molecule has 0 radical (unpaired) electrons. The standard InChI is InChI=1S/C13H21NO2S/c1-2-3-8-17-13-6-4-11(5-7-13)14-9-12(16)10-15/h4-7,12,14-16H,2-3,8-10H2,1H3. The van der Waals surface area contributed by atoms with Gasteiger partial charge in [0.2, 0.25) is 0 Å². The molecule has 1 rings (SSSR count). The van der Waals surface area contributed by atoms with Crippen molar-refractivity contribution in [3.63, 3.8) is 0 Å². The molecule has 1 aromatic carbocycles. The van der Waals surface area contributed by atoms with Crippen LogP contribution in [0, 0.1) is 0 Å². The second-order valence-electron chi connectivity index (χ2n) is 3.94. The zero-order valence-electron chi connectivity index (χ0n) is 10.2. The molecule has 3 nitrogen and oxygen atoms in total. The molecule has 0 aliphatic heterocycles. The van der Waals surface area contributed by atoms with Gasteiger partial charge in [-0.05, 0) is 36.4 Å². The van der Waals surface area contributed by atoms with Crippen LogP contribution in [-0.2, 0) is 0 Å². The van der Waals surface area contributed by atoms with E-state index >= 15 is 0 Å². The summed E-state index contributed by atoms with van der Waals surface area (Å²) in [5.74, 6) is 1.16. The lowest BCUT2D eigenvalue weighted by atomic mass is 10.3. The molecule has 0 aliphatic carbocycles. The molecule has 0 fully saturated rings. The molecule has 0 amide bonds. The number of thioether (sulfide) groups is 1. The van der Waals surface area contributed by atoms with Crippen LogP contribution in [0.4, 0.5) is 5.69 Å². The highest BCUT2D eigenvalue weighted by atomic mass is 32.2. The summed E-state index contributed by atoms with van der Waals surface area (Å²) in [6.07, 6.45) is 1.77. The lowest BCUT2D eigenvalue weighted by Gasteiger charge is -2.10. The van der Waals surface area contributed by atoms with Crippen molar-refractivity contribution in [1.29, 1.82) is 0 Å². The zero-order valence-corrected chi connectivity index (χ0v) is 11.0. The van der Waals surface area contributed by atoms with Crippen LogP contribution in [0.5, 0.6) is 0 Å². The number of anilines is 1. The number of aliphatic hydroxyl groups is 2. The normalized spacial score (nSPS) is 12.4. The summed E-state index contributed by atoms with van der Waals surface area (Å²) >= 11 is 1.87. The Morgan fingerprint density at radius 3 is 2.59 bits per heavy atom. The van der Waals surface area contributed by atoms with E-state index in [1.807, 2.05) is 23.9 Å². The second kappa shape index (κ2) is 8.39. The van der Waals surface area contributed by atoms with E-state index in [2.05, 4.69) is 24.4 Å². The summed E-state index contributed by atoms with van der Waals surface area (Å²) in [4.78, 5) is 1.27. The van der Waals surface area contributed by atoms with E-state index in [0.29, 0.717) is 6.54 Å². The lowest BCUT2D eigenvalue weighted by molar-refractivity contribution is 0.105. The molecule has 0 saturated carbocycles. The monoisotopic (exact) mass is 255 g/mol. The van der Waals surface area contributed by atoms with Crippen molar-refractivity contribution in [2.75, 3.05) is 24.2 Å². The van der Waals surface area contributed by atoms with E-state index in [4.69, 9.17) is 5.11 Å². The van der Waals surface area contributed by atoms with Gasteiger partial charge in [0, 0.05) is 17.1 Å². The fraction of sp³-hybridized carbons (Fsp3) is 0.538. The third kappa shape index (κ3) is 5.96. The Balaban J connectivity index is 2.34. The first kappa shape index (κ1) is 14.4. The third-order valence-electron chi connectivity index (χ3n) is 2.37. The first-order valence-electron chi connectivity index (χ1n) is 6.02. The van der Waals surface area contributed by atoms with E-state index in [-0.39, 0.29) is 6.61 Å². The Morgan fingerprint density at radius 2 is 2.00 bits per heavy atom. The fourth-order valence-corrected chi connectivity index (χ4v) is 2.30. The minimum atomic E-state index is -0.700. The highest BCUT2D eigenvalue weighted by Crippen LogP contribution is 2.21. The fourth-order valence-electron chi connectivity index (χ4n) is 1.30. The Kier molecular flexibility index (Phi) is 7.08. The summed E-state index contributed by atoms with van der Waals surface area (Å²) in [5.41, 5.74) is 0.970. The largest absolute Gasteiger partial charge is 0.394 e. The molecule has 1 aromatic rings. The van der Waals surface area contributed by atoms with Gasteiger partial charge in [0.15, 0.2) is 0 Å². The molecule has 0 bridgehead atoms. The third-order valence-corrected chi connectivity index (χ3v) is 3.47. The Hall–Kier alpha value is -0.710. The highest BCUT2D eigenvalue weighted by molar-refractivity contribution is 7.99. The maximum Gasteiger partial charge on any atom is 0.0942 e. The molecular weight excluding hydrogens is 234 g/mol. The number of benzene rings is 1. The molecule has 4 heteroatoms. The van der Waals surface area contributed by atoms with Crippen molar-refractivity contribution in [2.24, 2.45) is 0 Å². The van der Waals surface area contributed by atoms with Crippen molar-refractivity contribution in [3.05, 3.63) is 24.3 Å². The van der Waals surface area contributed by atoms with Crippen LogP contribution in [0.1, 0.15) is 19.8 Å². The summed E-state index contributed by atoms with van der Waals surface area (Å²) in [7, 11) is 0. The minimum absolute atomic E-state index is 0.210. The summed E-state index contributed by atoms with van der Waals surface area (Å²) in [6.45, 7) is 2.36. The Bertz CT molecular complexity index is 303. The van der Waals surface area contributed by atoms with Crippen LogP contribution in [0.15, 0.2) is 29.2 Å². The quantitative estimate of drug-likeness (QED) is 0.493. The van der Waals surface area contributed by atoms with Gasteiger partial charge in [-0.2, -0.15) is 0 Å². The first-order chi connectivity index (χ1) is 8.26. The number of hydrogen-bond donors (Lipinski definition) is 3. The van der Waals surface area contributed by atoms with E-state index in [9.17, 15) is 5.11 Å². The average Bonchev–Trinajstić information content (AvgIpc) is 2.37. The van der Waals surface area contributed by atoms with Crippen molar-refractivity contribution in [3.8, 4) is 0 Å². The Labute approximate surface area is 107 Å². The number of hydrogen-bond acceptors (Lipinski definition) is 4. The average molecular weight is 255 g/mol. The van der Waals surface area contributed by atoms with Gasteiger partial charge in [-0.1, -0.05) is 13.3 Å². The van der Waals surface area contributed by atoms with Crippen molar-refractivity contribution in [2.45, 2.75) is 30.8 Å². The molecule has 96 valence electrons. The minimum Gasteiger partial charge on any atom is -0.394 e. The lowest BCUT2D eigenvalue weighted by Crippen LogP contribution is -2.22. The first-order valence-corrected chi connectivity index (χ1v) is 7.00. The molecule has 1 atom stereocenters. The van der Waals surface area contributed by atoms with E-state index in [1.165, 1.54) is 17.7 Å². The van der Waals surface area contributed by atoms with Crippen molar-refractivity contribution < 1.29 is 10.2 Å². The number of aliphatic hydroxyl groups excluding tert-OH is 2. The van der Waals surface area contributed by atoms with Crippen molar-refractivity contribution >= 4 is 17.4 Å². The van der Waals surface area contributed by atoms with Gasteiger partial charge in [-0.25, -0.2) is 0 Å². The summed E-state index contributed by atoms with van der Waals surface area (Å²) in [5, 5.41) is 21.0. The van der Waals surface area contributed by atoms with Crippen LogP contribution >= 0.6 is 11.8 Å². The van der Waals surface area contributed by atoms with Gasteiger partial charge < -0.3 is 15.5 Å². The van der Waals surface area contributed by atoms with Crippen molar-refractivity contribution in [1.82, 2.24) is 0 Å². The van der Waals surface area contributed by atoms with E-state index < -0.39 is 6.10 Å². The van der Waals surface area contributed by atoms with E-state index in [0.717, 1.165) is 11.4 Å². The van der Waals surface area contributed by atoms with Gasteiger partial charge in [-0.15, -0.1) is 11.8 Å². The SMILES string of the molecule is CCCCSc1ccc(NCC(O)CO)cc1. The molecule has 0 aromatic heterocycles. The van der Waals surface area contributed by atoms with Gasteiger partial charge in [0.05, 0.1) is 12.7 Å². The second-order valence-corrected chi connectivity index (χ2v) is 5.11. The van der Waals surface area contributed by atoms with Crippen LogP contribution in [0.2, 0.25) is 0 Å². The molecule has 1 unspecified atom stereocenters. The molecule has 0 aliphatic rings. The predicted octanol–water partition coefficient (Wildman–Crippen LogP) is 2.34. The summed E-state index contributed by atoms with van der Waals surface area (Å²) in [6, 6.07) is 8.15. The maximum atomic E-state index is 9.20. The topological polar surface area (TPSA) is 52.5 Å². The van der Waals surface area contributed by atoms with Crippen LogP contribution in [-0.4, -0.2) is 35.2 Å². The number of rotatable bonds is 8. The molecule has 0 heterocycles. The number of unbranched alkanes of at least 4 members (excludes halogenated alkanes) is 1. The highest BCUT2D eigenvalue weighted by Gasteiger charge is 2.01. The number of nitrogens with one attached hydrogen (secondary N) is 1. The Morgan fingerprint density at radius 1 is 1.29 bits per heavy atom. The molecular formula is C13H21NO2S. The van der Waals surface area contributed by atoms with Crippen LogP contribution in [0.25, 0.3) is 0 Å². The van der Waals surface area contributed by atoms with Gasteiger partial charge in [0.1, 0.15) is 0 Å². The van der Waals surface area contributed by atoms with E-state index in [1.54, 1.807) is 0 Å².